The molecule has 1 heterocycles. The van der Waals surface area contributed by atoms with Gasteiger partial charge in [0.1, 0.15) is 0 Å². The van der Waals surface area contributed by atoms with Crippen LogP contribution in [0.5, 0.6) is 0 Å². The lowest BCUT2D eigenvalue weighted by Gasteiger charge is -2.22. The Morgan fingerprint density at radius 1 is 1.42 bits per heavy atom. The number of hydrogen-bond acceptors (Lipinski definition) is 1. The highest BCUT2D eigenvalue weighted by Crippen LogP contribution is 2.27. The van der Waals surface area contributed by atoms with Crippen molar-refractivity contribution in [2.24, 2.45) is 17.8 Å². The van der Waals surface area contributed by atoms with E-state index >= 15 is 0 Å². The Morgan fingerprint density at radius 2 is 2.17 bits per heavy atom. The van der Waals surface area contributed by atoms with Gasteiger partial charge in [-0.15, -0.1) is 0 Å². The predicted octanol–water partition coefficient (Wildman–Crippen LogP) is 2.67. The standard InChI is InChI=1S/C11H23N/c1-4-10(7-9(2)3)11-5-6-12-8-11/h9-12H,4-8H2,1-3H3. The maximum absolute atomic E-state index is 3.46. The van der Waals surface area contributed by atoms with E-state index in [-0.39, 0.29) is 0 Å². The van der Waals surface area contributed by atoms with Crippen molar-refractivity contribution in [1.82, 2.24) is 5.32 Å². The highest BCUT2D eigenvalue weighted by atomic mass is 14.9. The van der Waals surface area contributed by atoms with Crippen molar-refractivity contribution in [2.45, 2.75) is 40.0 Å². The van der Waals surface area contributed by atoms with E-state index in [4.69, 9.17) is 0 Å². The number of nitrogens with one attached hydrogen (secondary N) is 1. The summed E-state index contributed by atoms with van der Waals surface area (Å²) in [5, 5.41) is 3.46. The quantitative estimate of drug-likeness (QED) is 0.682. The summed E-state index contributed by atoms with van der Waals surface area (Å²) in [5.41, 5.74) is 0. The van der Waals surface area contributed by atoms with E-state index in [9.17, 15) is 0 Å². The number of rotatable bonds is 4. The van der Waals surface area contributed by atoms with Crippen LogP contribution in [-0.4, -0.2) is 13.1 Å². The van der Waals surface area contributed by atoms with Crippen LogP contribution in [0.15, 0.2) is 0 Å². The third-order valence-electron chi connectivity index (χ3n) is 3.06. The zero-order chi connectivity index (χ0) is 8.97. The van der Waals surface area contributed by atoms with Gasteiger partial charge in [-0.25, -0.2) is 0 Å². The van der Waals surface area contributed by atoms with Gasteiger partial charge in [-0.2, -0.15) is 0 Å². The minimum atomic E-state index is 0.871. The zero-order valence-electron chi connectivity index (χ0n) is 8.77. The van der Waals surface area contributed by atoms with Crippen LogP contribution in [0.4, 0.5) is 0 Å². The van der Waals surface area contributed by atoms with Gasteiger partial charge in [-0.05, 0) is 43.7 Å². The molecule has 1 rings (SSSR count). The van der Waals surface area contributed by atoms with Crippen LogP contribution in [0.2, 0.25) is 0 Å². The maximum Gasteiger partial charge on any atom is -0.00174 e. The summed E-state index contributed by atoms with van der Waals surface area (Å²) in [5.74, 6) is 2.81. The van der Waals surface area contributed by atoms with Crippen LogP contribution < -0.4 is 5.32 Å². The molecule has 0 amide bonds. The molecule has 0 radical (unpaired) electrons. The molecular formula is C11H23N. The summed E-state index contributed by atoms with van der Waals surface area (Å²) in [7, 11) is 0. The minimum Gasteiger partial charge on any atom is -0.316 e. The molecule has 0 bridgehead atoms. The fraction of sp³-hybridized carbons (Fsp3) is 1.00. The van der Waals surface area contributed by atoms with Crippen molar-refractivity contribution in [3.05, 3.63) is 0 Å². The highest BCUT2D eigenvalue weighted by molar-refractivity contribution is 4.78. The molecule has 0 saturated carbocycles. The molecule has 0 spiro atoms. The average Bonchev–Trinajstić information content (AvgIpc) is 2.51. The first-order valence-corrected chi connectivity index (χ1v) is 5.44. The molecule has 0 aromatic rings. The molecule has 1 fully saturated rings. The van der Waals surface area contributed by atoms with Crippen LogP contribution in [-0.2, 0) is 0 Å². The molecule has 1 saturated heterocycles. The Morgan fingerprint density at radius 3 is 2.58 bits per heavy atom. The third kappa shape index (κ3) is 2.78. The van der Waals surface area contributed by atoms with E-state index in [0.29, 0.717) is 0 Å². The summed E-state index contributed by atoms with van der Waals surface area (Å²) in [6, 6.07) is 0. The lowest BCUT2D eigenvalue weighted by atomic mass is 9.83. The summed E-state index contributed by atoms with van der Waals surface area (Å²) < 4.78 is 0. The van der Waals surface area contributed by atoms with Crippen molar-refractivity contribution in [3.8, 4) is 0 Å². The normalized spacial score (nSPS) is 26.5. The second kappa shape index (κ2) is 4.86. The minimum absolute atomic E-state index is 0.871. The molecule has 1 heteroatoms. The van der Waals surface area contributed by atoms with Crippen LogP contribution in [0.1, 0.15) is 40.0 Å². The van der Waals surface area contributed by atoms with Gasteiger partial charge in [-0.3, -0.25) is 0 Å². The Bertz CT molecular complexity index is 114. The Kier molecular flexibility index (Phi) is 4.07. The van der Waals surface area contributed by atoms with Crippen molar-refractivity contribution >= 4 is 0 Å². The molecule has 1 nitrogen and oxygen atoms in total. The van der Waals surface area contributed by atoms with Gasteiger partial charge in [0.25, 0.3) is 0 Å². The fourth-order valence-electron chi connectivity index (χ4n) is 2.38. The van der Waals surface area contributed by atoms with Crippen molar-refractivity contribution < 1.29 is 0 Å². The smallest absolute Gasteiger partial charge is 0.00174 e. The van der Waals surface area contributed by atoms with Gasteiger partial charge in [0.2, 0.25) is 0 Å². The van der Waals surface area contributed by atoms with Gasteiger partial charge < -0.3 is 5.32 Å². The van der Waals surface area contributed by atoms with Gasteiger partial charge in [0.15, 0.2) is 0 Å². The van der Waals surface area contributed by atoms with Gasteiger partial charge in [0.05, 0.1) is 0 Å². The van der Waals surface area contributed by atoms with Gasteiger partial charge in [0, 0.05) is 0 Å². The topological polar surface area (TPSA) is 12.0 Å². The molecule has 1 aliphatic rings. The van der Waals surface area contributed by atoms with Crippen LogP contribution in [0.3, 0.4) is 0 Å². The van der Waals surface area contributed by atoms with Crippen molar-refractivity contribution in [2.75, 3.05) is 13.1 Å². The summed E-state index contributed by atoms with van der Waals surface area (Å²) in [6.07, 6.45) is 4.19. The van der Waals surface area contributed by atoms with Crippen molar-refractivity contribution in [3.63, 3.8) is 0 Å². The van der Waals surface area contributed by atoms with E-state index in [1.807, 2.05) is 0 Å². The second-order valence-corrected chi connectivity index (χ2v) is 4.55. The second-order valence-electron chi connectivity index (χ2n) is 4.55. The fourth-order valence-corrected chi connectivity index (χ4v) is 2.38. The lowest BCUT2D eigenvalue weighted by molar-refractivity contribution is 0.290. The molecule has 0 aliphatic carbocycles. The van der Waals surface area contributed by atoms with Gasteiger partial charge in [-0.1, -0.05) is 27.2 Å². The van der Waals surface area contributed by atoms with E-state index in [0.717, 1.165) is 17.8 Å². The molecule has 2 unspecified atom stereocenters. The van der Waals surface area contributed by atoms with Crippen LogP contribution >= 0.6 is 0 Å². The molecule has 1 aliphatic heterocycles. The molecule has 72 valence electrons. The van der Waals surface area contributed by atoms with Gasteiger partial charge >= 0.3 is 0 Å². The first kappa shape index (κ1) is 10.0. The predicted molar refractivity (Wildman–Crippen MR) is 54.2 cm³/mol. The molecule has 1 N–H and O–H groups in total. The average molecular weight is 169 g/mol. The molecule has 12 heavy (non-hydrogen) atoms. The monoisotopic (exact) mass is 169 g/mol. The maximum atomic E-state index is 3.46. The largest absolute Gasteiger partial charge is 0.316 e. The van der Waals surface area contributed by atoms with Crippen molar-refractivity contribution in [1.29, 1.82) is 0 Å². The molecule has 0 aromatic heterocycles. The molecule has 0 aromatic carbocycles. The summed E-state index contributed by atoms with van der Waals surface area (Å²) in [4.78, 5) is 0. The Balaban J connectivity index is 2.32. The zero-order valence-corrected chi connectivity index (χ0v) is 8.77. The number of hydrogen-bond donors (Lipinski definition) is 1. The highest BCUT2D eigenvalue weighted by Gasteiger charge is 2.23. The summed E-state index contributed by atoms with van der Waals surface area (Å²) >= 11 is 0. The van der Waals surface area contributed by atoms with E-state index < -0.39 is 0 Å². The first-order valence-electron chi connectivity index (χ1n) is 5.44. The first-order chi connectivity index (χ1) is 5.74. The van der Waals surface area contributed by atoms with E-state index in [2.05, 4.69) is 26.1 Å². The molecular weight excluding hydrogens is 146 g/mol. The SMILES string of the molecule is CCC(CC(C)C)C1CCNC1. The Labute approximate surface area is 76.9 Å². The summed E-state index contributed by atoms with van der Waals surface area (Å²) in [6.45, 7) is 9.53. The van der Waals surface area contributed by atoms with E-state index in [1.165, 1.54) is 32.4 Å². The van der Waals surface area contributed by atoms with Crippen LogP contribution in [0.25, 0.3) is 0 Å². The third-order valence-corrected chi connectivity index (χ3v) is 3.06. The lowest BCUT2D eigenvalue weighted by Crippen LogP contribution is -2.18. The molecule has 2 atom stereocenters. The van der Waals surface area contributed by atoms with Crippen LogP contribution in [0, 0.1) is 17.8 Å². The Hall–Kier alpha value is -0.0400. The van der Waals surface area contributed by atoms with E-state index in [1.54, 1.807) is 0 Å².